The van der Waals surface area contributed by atoms with Gasteiger partial charge in [-0.1, -0.05) is 12.1 Å². The van der Waals surface area contributed by atoms with Crippen molar-refractivity contribution in [3.63, 3.8) is 0 Å². The molecule has 1 aromatic carbocycles. The molecule has 1 saturated heterocycles. The molecule has 8 nitrogen and oxygen atoms in total. The lowest BCUT2D eigenvalue weighted by atomic mass is 9.97. The van der Waals surface area contributed by atoms with E-state index in [-0.39, 0.29) is 18.4 Å². The van der Waals surface area contributed by atoms with Gasteiger partial charge in [-0.3, -0.25) is 14.4 Å². The first-order valence-corrected chi connectivity index (χ1v) is 12.1. The first-order chi connectivity index (χ1) is 16.6. The fourth-order valence-electron chi connectivity index (χ4n) is 5.09. The number of nitrogens with one attached hydrogen (secondary N) is 1. The minimum atomic E-state index is -0.926. The molecule has 1 aromatic heterocycles. The lowest BCUT2D eigenvalue weighted by Gasteiger charge is -2.35. The molecule has 1 saturated carbocycles. The van der Waals surface area contributed by atoms with Gasteiger partial charge in [0.1, 0.15) is 23.5 Å². The van der Waals surface area contributed by atoms with Crippen molar-refractivity contribution in [3.05, 3.63) is 42.0 Å². The highest BCUT2D eigenvalue weighted by Crippen LogP contribution is 2.43. The van der Waals surface area contributed by atoms with Crippen molar-refractivity contribution in [1.82, 2.24) is 20.0 Å². The summed E-state index contributed by atoms with van der Waals surface area (Å²) in [6.45, 7) is 8.05. The van der Waals surface area contributed by atoms with E-state index in [1.54, 1.807) is 43.8 Å². The Morgan fingerprint density at radius 2 is 2.09 bits per heavy atom. The van der Waals surface area contributed by atoms with Crippen LogP contribution in [0.3, 0.4) is 0 Å². The van der Waals surface area contributed by atoms with Gasteiger partial charge in [0.05, 0.1) is 12.3 Å². The number of nitrogens with zero attached hydrogens (tertiary/aromatic N) is 4. The molecule has 4 atom stereocenters. The molecule has 0 radical (unpaired) electrons. The first kappa shape index (κ1) is 24.7. The van der Waals surface area contributed by atoms with Crippen molar-refractivity contribution in [2.75, 3.05) is 0 Å². The molecule has 35 heavy (non-hydrogen) atoms. The van der Waals surface area contributed by atoms with E-state index < -0.39 is 35.5 Å². The van der Waals surface area contributed by atoms with Crippen LogP contribution in [0.2, 0.25) is 0 Å². The summed E-state index contributed by atoms with van der Waals surface area (Å²) in [6, 6.07) is 5.27. The normalized spacial score (nSPS) is 22.1. The Hall–Kier alpha value is -3.41. The highest BCUT2D eigenvalue weighted by atomic mass is 19.1. The van der Waals surface area contributed by atoms with Gasteiger partial charge >= 0.3 is 6.09 Å². The lowest BCUT2D eigenvalue weighted by molar-refractivity contribution is -0.128. The summed E-state index contributed by atoms with van der Waals surface area (Å²) in [5.74, 6) is -0.804. The summed E-state index contributed by atoms with van der Waals surface area (Å²) in [5.41, 5.74) is 1.16. The van der Waals surface area contributed by atoms with Gasteiger partial charge in [0.25, 0.3) is 0 Å². The van der Waals surface area contributed by atoms with Crippen molar-refractivity contribution in [2.24, 2.45) is 5.92 Å². The fraction of sp³-hybridized carbons (Fsp3) is 0.538. The second-order valence-electron chi connectivity index (χ2n) is 10.3. The van der Waals surface area contributed by atoms with E-state index in [0.29, 0.717) is 11.1 Å². The Bertz CT molecular complexity index is 1150. The van der Waals surface area contributed by atoms with Crippen LogP contribution in [0.15, 0.2) is 30.6 Å². The number of amides is 2. The smallest absolute Gasteiger partial charge is 0.411 e. The number of ether oxygens (including phenoxy) is 1. The number of hydrogen-bond acceptors (Lipinski definition) is 5. The maximum absolute atomic E-state index is 14.9. The van der Waals surface area contributed by atoms with Crippen molar-refractivity contribution in [2.45, 2.75) is 83.6 Å². The van der Waals surface area contributed by atoms with Crippen molar-refractivity contribution in [1.29, 1.82) is 5.26 Å². The molecule has 0 spiro atoms. The predicted molar refractivity (Wildman–Crippen MR) is 128 cm³/mol. The fourth-order valence-corrected chi connectivity index (χ4v) is 5.09. The summed E-state index contributed by atoms with van der Waals surface area (Å²) in [6.07, 6.45) is 5.48. The van der Waals surface area contributed by atoms with Crippen molar-refractivity contribution >= 4 is 12.0 Å². The predicted octanol–water partition coefficient (Wildman–Crippen LogP) is 4.05. The van der Waals surface area contributed by atoms with Gasteiger partial charge < -0.3 is 10.1 Å². The molecule has 1 aliphatic heterocycles. The number of piperidine rings is 1. The Kier molecular flexibility index (Phi) is 6.84. The number of benzene rings is 1. The molecule has 2 aromatic rings. The number of aromatic nitrogens is 2. The van der Waals surface area contributed by atoms with E-state index in [0.717, 1.165) is 31.4 Å². The van der Waals surface area contributed by atoms with Crippen LogP contribution in [0.25, 0.3) is 11.1 Å². The second kappa shape index (κ2) is 9.68. The van der Waals surface area contributed by atoms with Gasteiger partial charge in [-0.2, -0.15) is 10.4 Å². The maximum Gasteiger partial charge on any atom is 0.411 e. The third-order valence-corrected chi connectivity index (χ3v) is 6.70. The number of likely N-dealkylation sites (tertiary alicyclic amines) is 1. The van der Waals surface area contributed by atoms with Crippen LogP contribution in [0.1, 0.15) is 52.5 Å². The van der Waals surface area contributed by atoms with Gasteiger partial charge in [-0.25, -0.2) is 9.18 Å². The van der Waals surface area contributed by atoms with E-state index >= 15 is 0 Å². The summed E-state index contributed by atoms with van der Waals surface area (Å²) < 4.78 is 22.2. The average molecular weight is 482 g/mol. The number of carbonyl (C=O) groups excluding carboxylic acids is 2. The largest absolute Gasteiger partial charge is 0.444 e. The average Bonchev–Trinajstić information content (AvgIpc) is 3.54. The minimum absolute atomic E-state index is 0.0236. The molecule has 2 bridgehead atoms. The first-order valence-electron chi connectivity index (χ1n) is 12.1. The molecular weight excluding hydrogens is 449 g/mol. The molecule has 2 fully saturated rings. The quantitative estimate of drug-likeness (QED) is 0.671. The zero-order valence-corrected chi connectivity index (χ0v) is 20.6. The molecule has 0 unspecified atom stereocenters. The third kappa shape index (κ3) is 5.31. The zero-order chi connectivity index (χ0) is 25.3. The van der Waals surface area contributed by atoms with Gasteiger partial charge in [-0.05, 0) is 70.1 Å². The Balaban J connectivity index is 1.45. The molecule has 2 aliphatic rings. The van der Waals surface area contributed by atoms with Gasteiger partial charge in [-0.15, -0.1) is 0 Å². The third-order valence-electron chi connectivity index (χ3n) is 6.70. The Morgan fingerprint density at radius 1 is 1.31 bits per heavy atom. The molecule has 186 valence electrons. The van der Waals surface area contributed by atoms with Crippen LogP contribution in [-0.4, -0.2) is 50.4 Å². The summed E-state index contributed by atoms with van der Waals surface area (Å²) in [4.78, 5) is 27.6. The maximum atomic E-state index is 14.9. The number of rotatable bonds is 6. The van der Waals surface area contributed by atoms with Crippen molar-refractivity contribution < 1.29 is 18.7 Å². The number of nitriles is 1. The topological polar surface area (TPSA) is 100 Å². The number of aryl methyl sites for hydroxylation is 1. The van der Waals surface area contributed by atoms with Gasteiger partial charge in [0.2, 0.25) is 5.91 Å². The Labute approximate surface area is 205 Å². The van der Waals surface area contributed by atoms with Crippen LogP contribution >= 0.6 is 0 Å². The molecule has 2 heterocycles. The lowest BCUT2D eigenvalue weighted by Crippen LogP contribution is -2.55. The SMILES string of the molecule is CCn1cc(-c2ccc(C[C@@H](C#N)NC(=O)[C@@H]3[C@H]4CC[C@H](C4)N3C(=O)OC(C)(C)C)c(F)c2)cn1. The summed E-state index contributed by atoms with van der Waals surface area (Å²) in [5, 5.41) is 16.6. The zero-order valence-electron chi connectivity index (χ0n) is 20.6. The van der Waals surface area contributed by atoms with Gasteiger partial charge in [0.15, 0.2) is 0 Å². The number of halogens is 1. The summed E-state index contributed by atoms with van der Waals surface area (Å²) >= 11 is 0. The van der Waals surface area contributed by atoms with Crippen LogP contribution in [-0.2, 0) is 22.5 Å². The standard InChI is InChI=1S/C26H32FN5O3/c1-5-31-15-19(14-29-31)16-6-7-17(22(27)12-16)10-20(13-28)30-24(33)23-18-8-9-21(11-18)32(23)25(34)35-26(2,3)4/h6-7,12,14-15,18,20-21,23H,5,8-11H2,1-4H3,(H,30,33)/t18-,20-,21+,23-/m0/s1. The molecule has 2 amide bonds. The van der Waals surface area contributed by atoms with Crippen LogP contribution in [0, 0.1) is 23.1 Å². The van der Waals surface area contributed by atoms with Crippen LogP contribution in [0.5, 0.6) is 0 Å². The number of carbonyl (C=O) groups is 2. The van der Waals surface area contributed by atoms with Crippen LogP contribution in [0.4, 0.5) is 9.18 Å². The molecular formula is C26H32FN5O3. The second-order valence-corrected chi connectivity index (χ2v) is 10.3. The highest BCUT2D eigenvalue weighted by molar-refractivity contribution is 5.87. The summed E-state index contributed by atoms with van der Waals surface area (Å²) in [7, 11) is 0. The molecule has 9 heteroatoms. The van der Waals surface area contributed by atoms with Crippen molar-refractivity contribution in [3.8, 4) is 17.2 Å². The number of hydrogen-bond donors (Lipinski definition) is 1. The Morgan fingerprint density at radius 3 is 2.71 bits per heavy atom. The number of fused-ring (bicyclic) bond motifs is 2. The van der Waals surface area contributed by atoms with Crippen LogP contribution < -0.4 is 5.32 Å². The van der Waals surface area contributed by atoms with E-state index in [1.165, 1.54) is 11.0 Å². The molecule has 1 aliphatic carbocycles. The van der Waals surface area contributed by atoms with E-state index in [1.807, 2.05) is 13.1 Å². The monoisotopic (exact) mass is 481 g/mol. The van der Waals surface area contributed by atoms with E-state index in [2.05, 4.69) is 16.5 Å². The highest BCUT2D eigenvalue weighted by Gasteiger charge is 2.52. The van der Waals surface area contributed by atoms with E-state index in [9.17, 15) is 19.2 Å². The minimum Gasteiger partial charge on any atom is -0.444 e. The van der Waals surface area contributed by atoms with Gasteiger partial charge in [0, 0.05) is 30.8 Å². The molecule has 4 rings (SSSR count). The molecule has 1 N–H and O–H groups in total. The van der Waals surface area contributed by atoms with E-state index in [4.69, 9.17) is 4.74 Å².